The molecule has 4 nitrogen and oxygen atoms in total. The van der Waals surface area contributed by atoms with E-state index in [1.807, 2.05) is 6.07 Å². The van der Waals surface area contributed by atoms with Gasteiger partial charge in [0, 0.05) is 6.20 Å². The monoisotopic (exact) mass is 234 g/mol. The van der Waals surface area contributed by atoms with Crippen molar-refractivity contribution in [1.82, 2.24) is 4.98 Å². The number of amides is 1. The van der Waals surface area contributed by atoms with Crippen molar-refractivity contribution in [3.8, 4) is 0 Å². The number of carboxylic acid groups (broad SMARTS) is 1. The van der Waals surface area contributed by atoms with E-state index in [0.717, 1.165) is 24.3 Å². The SMILES string of the molecule is CC1CCCC(c2ccncc2NC(=O)O)C1. The third-order valence-electron chi connectivity index (χ3n) is 3.47. The molecule has 1 saturated carbocycles. The van der Waals surface area contributed by atoms with E-state index in [1.165, 1.54) is 12.8 Å². The van der Waals surface area contributed by atoms with Crippen molar-refractivity contribution in [1.29, 1.82) is 0 Å². The molecule has 1 aromatic rings. The first kappa shape index (κ1) is 11.9. The Bertz CT molecular complexity index is 406. The molecule has 0 bridgehead atoms. The molecule has 92 valence electrons. The Kier molecular flexibility index (Phi) is 3.61. The second-order valence-electron chi connectivity index (χ2n) is 4.86. The predicted molar refractivity (Wildman–Crippen MR) is 66.3 cm³/mol. The summed E-state index contributed by atoms with van der Waals surface area (Å²) in [5.41, 5.74) is 1.73. The summed E-state index contributed by atoms with van der Waals surface area (Å²) in [6, 6.07) is 1.94. The third kappa shape index (κ3) is 2.96. The number of nitrogens with zero attached hydrogens (tertiary/aromatic N) is 1. The van der Waals surface area contributed by atoms with Crippen molar-refractivity contribution in [2.75, 3.05) is 5.32 Å². The van der Waals surface area contributed by atoms with Gasteiger partial charge in [-0.3, -0.25) is 10.3 Å². The number of carbonyl (C=O) groups is 1. The summed E-state index contributed by atoms with van der Waals surface area (Å²) in [7, 11) is 0. The van der Waals surface area contributed by atoms with Gasteiger partial charge < -0.3 is 5.11 Å². The zero-order valence-electron chi connectivity index (χ0n) is 10.0. The Morgan fingerprint density at radius 2 is 2.35 bits per heavy atom. The summed E-state index contributed by atoms with van der Waals surface area (Å²) in [5, 5.41) is 11.2. The maximum atomic E-state index is 10.7. The fourth-order valence-corrected chi connectivity index (χ4v) is 2.70. The van der Waals surface area contributed by atoms with Gasteiger partial charge in [-0.2, -0.15) is 0 Å². The van der Waals surface area contributed by atoms with Gasteiger partial charge in [-0.1, -0.05) is 19.8 Å². The average Bonchev–Trinajstić information content (AvgIpc) is 2.29. The maximum Gasteiger partial charge on any atom is 0.409 e. The molecule has 2 unspecified atom stereocenters. The lowest BCUT2D eigenvalue weighted by atomic mass is 9.78. The zero-order chi connectivity index (χ0) is 12.3. The highest BCUT2D eigenvalue weighted by molar-refractivity contribution is 5.83. The normalized spacial score (nSPS) is 24.3. The van der Waals surface area contributed by atoms with Crippen LogP contribution in [0.3, 0.4) is 0 Å². The van der Waals surface area contributed by atoms with Gasteiger partial charge in [-0.05, 0) is 36.3 Å². The van der Waals surface area contributed by atoms with E-state index in [-0.39, 0.29) is 0 Å². The second kappa shape index (κ2) is 5.17. The van der Waals surface area contributed by atoms with Crippen molar-refractivity contribution < 1.29 is 9.90 Å². The van der Waals surface area contributed by atoms with Crippen molar-refractivity contribution >= 4 is 11.8 Å². The van der Waals surface area contributed by atoms with Crippen LogP contribution >= 0.6 is 0 Å². The summed E-state index contributed by atoms with van der Waals surface area (Å²) in [4.78, 5) is 14.7. The van der Waals surface area contributed by atoms with Crippen LogP contribution in [0.15, 0.2) is 18.5 Å². The fourth-order valence-electron chi connectivity index (χ4n) is 2.70. The highest BCUT2D eigenvalue weighted by Crippen LogP contribution is 2.38. The molecule has 1 aromatic heterocycles. The fraction of sp³-hybridized carbons (Fsp3) is 0.538. The molecule has 0 aliphatic heterocycles. The topological polar surface area (TPSA) is 62.2 Å². The van der Waals surface area contributed by atoms with Crippen molar-refractivity contribution in [3.05, 3.63) is 24.0 Å². The first-order valence-electron chi connectivity index (χ1n) is 6.10. The number of hydrogen-bond donors (Lipinski definition) is 2. The lowest BCUT2D eigenvalue weighted by molar-refractivity contribution is 0.209. The summed E-state index contributed by atoms with van der Waals surface area (Å²) in [5.74, 6) is 1.18. The Balaban J connectivity index is 2.21. The number of rotatable bonds is 2. The van der Waals surface area contributed by atoms with E-state index in [2.05, 4.69) is 17.2 Å². The molecular weight excluding hydrogens is 216 g/mol. The molecule has 0 aromatic carbocycles. The predicted octanol–water partition coefficient (Wildman–Crippen LogP) is 3.47. The van der Waals surface area contributed by atoms with E-state index in [1.54, 1.807) is 12.4 Å². The smallest absolute Gasteiger partial charge is 0.409 e. The number of pyridine rings is 1. The minimum atomic E-state index is -1.02. The molecule has 17 heavy (non-hydrogen) atoms. The average molecular weight is 234 g/mol. The Labute approximate surface area is 101 Å². The van der Waals surface area contributed by atoms with Crippen LogP contribution < -0.4 is 5.32 Å². The quantitative estimate of drug-likeness (QED) is 0.823. The Morgan fingerprint density at radius 1 is 1.53 bits per heavy atom. The molecule has 2 N–H and O–H groups in total. The number of aromatic nitrogens is 1. The molecule has 0 spiro atoms. The van der Waals surface area contributed by atoms with E-state index in [0.29, 0.717) is 11.6 Å². The summed E-state index contributed by atoms with van der Waals surface area (Å²) in [6.07, 6.45) is 7.10. The molecule has 1 heterocycles. The highest BCUT2D eigenvalue weighted by atomic mass is 16.4. The molecule has 1 fully saturated rings. The van der Waals surface area contributed by atoms with Gasteiger partial charge in [0.2, 0.25) is 0 Å². The minimum Gasteiger partial charge on any atom is -0.465 e. The van der Waals surface area contributed by atoms with E-state index >= 15 is 0 Å². The lowest BCUT2D eigenvalue weighted by Gasteiger charge is -2.28. The molecule has 2 atom stereocenters. The zero-order valence-corrected chi connectivity index (χ0v) is 10.0. The number of hydrogen-bond acceptors (Lipinski definition) is 2. The first-order valence-corrected chi connectivity index (χ1v) is 6.10. The summed E-state index contributed by atoms with van der Waals surface area (Å²) in [6.45, 7) is 2.26. The molecule has 2 rings (SSSR count). The maximum absolute atomic E-state index is 10.7. The molecule has 1 aliphatic rings. The standard InChI is InChI=1S/C13H18N2O2/c1-9-3-2-4-10(7-9)11-5-6-14-8-12(11)15-13(16)17/h5-6,8-10,15H,2-4,7H2,1H3,(H,16,17). The van der Waals surface area contributed by atoms with Gasteiger partial charge in [-0.15, -0.1) is 0 Å². The Morgan fingerprint density at radius 3 is 3.06 bits per heavy atom. The van der Waals surface area contributed by atoms with E-state index in [4.69, 9.17) is 5.11 Å². The first-order chi connectivity index (χ1) is 8.16. The number of nitrogens with one attached hydrogen (secondary N) is 1. The van der Waals surface area contributed by atoms with Gasteiger partial charge >= 0.3 is 6.09 Å². The number of anilines is 1. The Hall–Kier alpha value is -1.58. The summed E-state index contributed by atoms with van der Waals surface area (Å²) < 4.78 is 0. The van der Waals surface area contributed by atoms with Crippen molar-refractivity contribution in [2.45, 2.75) is 38.5 Å². The third-order valence-corrected chi connectivity index (χ3v) is 3.47. The highest BCUT2D eigenvalue weighted by Gasteiger charge is 2.22. The molecule has 4 heteroatoms. The van der Waals surface area contributed by atoms with Crippen LogP contribution in [0, 0.1) is 5.92 Å². The van der Waals surface area contributed by atoms with Crippen molar-refractivity contribution in [3.63, 3.8) is 0 Å². The molecule has 0 saturated heterocycles. The van der Waals surface area contributed by atoms with Gasteiger partial charge in [0.05, 0.1) is 11.9 Å². The minimum absolute atomic E-state index is 0.462. The van der Waals surface area contributed by atoms with Crippen LogP contribution in [0.1, 0.15) is 44.1 Å². The van der Waals surface area contributed by atoms with Crippen LogP contribution in [0.25, 0.3) is 0 Å². The van der Waals surface area contributed by atoms with Gasteiger partial charge in [0.25, 0.3) is 0 Å². The van der Waals surface area contributed by atoms with Gasteiger partial charge in [-0.25, -0.2) is 4.79 Å². The molecule has 1 amide bonds. The second-order valence-corrected chi connectivity index (χ2v) is 4.86. The van der Waals surface area contributed by atoms with E-state index < -0.39 is 6.09 Å². The molecular formula is C13H18N2O2. The van der Waals surface area contributed by atoms with Crippen LogP contribution in [-0.4, -0.2) is 16.2 Å². The van der Waals surface area contributed by atoms with Crippen LogP contribution in [0.4, 0.5) is 10.5 Å². The van der Waals surface area contributed by atoms with E-state index in [9.17, 15) is 4.79 Å². The van der Waals surface area contributed by atoms with Gasteiger partial charge in [0.15, 0.2) is 0 Å². The lowest BCUT2D eigenvalue weighted by Crippen LogP contribution is -2.15. The molecule has 0 radical (unpaired) electrons. The summed E-state index contributed by atoms with van der Waals surface area (Å²) >= 11 is 0. The van der Waals surface area contributed by atoms with Crippen LogP contribution in [-0.2, 0) is 0 Å². The largest absolute Gasteiger partial charge is 0.465 e. The van der Waals surface area contributed by atoms with Crippen LogP contribution in [0.2, 0.25) is 0 Å². The van der Waals surface area contributed by atoms with Crippen LogP contribution in [0.5, 0.6) is 0 Å². The van der Waals surface area contributed by atoms with Crippen molar-refractivity contribution in [2.24, 2.45) is 5.92 Å². The van der Waals surface area contributed by atoms with Gasteiger partial charge in [0.1, 0.15) is 0 Å². The molecule has 1 aliphatic carbocycles.